The molecule has 1 amide bonds. The molecule has 0 spiro atoms. The SMILES string of the molecule is O=C(N1CCCCC1)C1(c2cccs2)CCCC1. The topological polar surface area (TPSA) is 20.3 Å². The Bertz CT molecular complexity index is 400. The molecule has 1 aliphatic carbocycles. The minimum Gasteiger partial charge on any atom is -0.342 e. The quantitative estimate of drug-likeness (QED) is 0.798. The molecule has 0 unspecified atom stereocenters. The van der Waals surface area contributed by atoms with Crippen LogP contribution >= 0.6 is 11.3 Å². The number of amides is 1. The molecule has 2 aliphatic rings. The molecule has 0 radical (unpaired) electrons. The summed E-state index contributed by atoms with van der Waals surface area (Å²) in [5, 5.41) is 2.11. The number of carbonyl (C=O) groups is 1. The van der Waals surface area contributed by atoms with Crippen molar-refractivity contribution in [2.45, 2.75) is 50.4 Å². The highest BCUT2D eigenvalue weighted by Crippen LogP contribution is 2.44. The van der Waals surface area contributed by atoms with E-state index in [2.05, 4.69) is 22.4 Å². The highest BCUT2D eigenvalue weighted by molar-refractivity contribution is 7.10. The van der Waals surface area contributed by atoms with Crippen molar-refractivity contribution in [3.63, 3.8) is 0 Å². The van der Waals surface area contributed by atoms with Crippen LogP contribution in [0.4, 0.5) is 0 Å². The first-order valence-electron chi connectivity index (χ1n) is 7.16. The molecule has 98 valence electrons. The maximum atomic E-state index is 13.0. The van der Waals surface area contributed by atoms with Crippen molar-refractivity contribution in [3.05, 3.63) is 22.4 Å². The fourth-order valence-electron chi connectivity index (χ4n) is 3.49. The van der Waals surface area contributed by atoms with Gasteiger partial charge in [-0.05, 0) is 43.6 Å². The Morgan fingerprint density at radius 2 is 1.83 bits per heavy atom. The van der Waals surface area contributed by atoms with Crippen LogP contribution in [0, 0.1) is 0 Å². The molecule has 2 nitrogen and oxygen atoms in total. The van der Waals surface area contributed by atoms with Crippen LogP contribution in [-0.4, -0.2) is 23.9 Å². The largest absolute Gasteiger partial charge is 0.342 e. The number of piperidine rings is 1. The average molecular weight is 263 g/mol. The summed E-state index contributed by atoms with van der Waals surface area (Å²) in [4.78, 5) is 16.4. The van der Waals surface area contributed by atoms with E-state index in [1.807, 2.05) is 0 Å². The number of thiophene rings is 1. The minimum absolute atomic E-state index is 0.161. The van der Waals surface area contributed by atoms with Gasteiger partial charge in [-0.15, -0.1) is 11.3 Å². The smallest absolute Gasteiger partial charge is 0.234 e. The Kier molecular flexibility index (Phi) is 3.42. The number of hydrogen-bond donors (Lipinski definition) is 0. The Labute approximate surface area is 113 Å². The summed E-state index contributed by atoms with van der Waals surface area (Å²) in [6, 6.07) is 4.25. The van der Waals surface area contributed by atoms with Crippen LogP contribution in [0.3, 0.4) is 0 Å². The fraction of sp³-hybridized carbons (Fsp3) is 0.667. The number of likely N-dealkylation sites (tertiary alicyclic amines) is 1. The molecule has 3 heteroatoms. The normalized spacial score (nSPS) is 23.2. The molecular formula is C15H21NOS. The molecule has 3 rings (SSSR count). The van der Waals surface area contributed by atoms with Gasteiger partial charge in [0, 0.05) is 18.0 Å². The summed E-state index contributed by atoms with van der Waals surface area (Å²) in [6.07, 6.45) is 8.19. The second-order valence-corrected chi connectivity index (χ2v) is 6.57. The first kappa shape index (κ1) is 12.2. The van der Waals surface area contributed by atoms with Gasteiger partial charge in [0.25, 0.3) is 0 Å². The summed E-state index contributed by atoms with van der Waals surface area (Å²) in [5.74, 6) is 0.419. The summed E-state index contributed by atoms with van der Waals surface area (Å²) in [6.45, 7) is 1.96. The Morgan fingerprint density at radius 3 is 2.44 bits per heavy atom. The van der Waals surface area contributed by atoms with Gasteiger partial charge < -0.3 is 4.90 Å². The van der Waals surface area contributed by atoms with E-state index in [9.17, 15) is 4.79 Å². The molecule has 2 fully saturated rings. The molecule has 1 aromatic rings. The van der Waals surface area contributed by atoms with E-state index in [-0.39, 0.29) is 5.41 Å². The molecule has 18 heavy (non-hydrogen) atoms. The van der Waals surface area contributed by atoms with E-state index >= 15 is 0 Å². The molecule has 1 saturated heterocycles. The average Bonchev–Trinajstić information content (AvgIpc) is 3.10. The second-order valence-electron chi connectivity index (χ2n) is 5.62. The molecule has 0 aromatic carbocycles. The van der Waals surface area contributed by atoms with E-state index in [1.54, 1.807) is 11.3 Å². The summed E-state index contributed by atoms with van der Waals surface area (Å²) in [7, 11) is 0. The van der Waals surface area contributed by atoms with Crippen LogP contribution in [0.1, 0.15) is 49.8 Å². The molecule has 0 N–H and O–H groups in total. The van der Waals surface area contributed by atoms with Gasteiger partial charge in [0.15, 0.2) is 0 Å². The summed E-state index contributed by atoms with van der Waals surface area (Å²) in [5.41, 5.74) is -0.161. The fourth-order valence-corrected chi connectivity index (χ4v) is 4.47. The number of rotatable bonds is 2. The van der Waals surface area contributed by atoms with Gasteiger partial charge in [0.05, 0.1) is 5.41 Å². The molecule has 0 atom stereocenters. The first-order valence-corrected chi connectivity index (χ1v) is 8.04. The van der Waals surface area contributed by atoms with E-state index in [0.717, 1.165) is 25.9 Å². The second kappa shape index (κ2) is 5.04. The highest BCUT2D eigenvalue weighted by Gasteiger charge is 2.45. The molecule has 2 heterocycles. The Balaban J connectivity index is 1.87. The Hall–Kier alpha value is -0.830. The third-order valence-corrected chi connectivity index (χ3v) is 5.58. The van der Waals surface area contributed by atoms with Crippen molar-refractivity contribution in [2.24, 2.45) is 0 Å². The molecule has 0 bridgehead atoms. The van der Waals surface area contributed by atoms with E-state index < -0.39 is 0 Å². The maximum Gasteiger partial charge on any atom is 0.234 e. The standard InChI is InChI=1S/C15H21NOS/c17-14(16-10-4-1-5-11-16)15(8-2-3-9-15)13-7-6-12-18-13/h6-7,12H,1-5,8-11H2. The third kappa shape index (κ3) is 1.99. The molecule has 1 saturated carbocycles. The van der Waals surface area contributed by atoms with Crippen molar-refractivity contribution in [2.75, 3.05) is 13.1 Å². The molecular weight excluding hydrogens is 242 g/mol. The van der Waals surface area contributed by atoms with Gasteiger partial charge in [-0.1, -0.05) is 18.9 Å². The van der Waals surface area contributed by atoms with Crippen LogP contribution in [-0.2, 0) is 10.2 Å². The lowest BCUT2D eigenvalue weighted by Crippen LogP contribution is -2.47. The van der Waals surface area contributed by atoms with Crippen molar-refractivity contribution in [1.29, 1.82) is 0 Å². The predicted molar refractivity (Wildman–Crippen MR) is 74.9 cm³/mol. The predicted octanol–water partition coefficient (Wildman–Crippen LogP) is 3.57. The lowest BCUT2D eigenvalue weighted by molar-refractivity contribution is -0.138. The van der Waals surface area contributed by atoms with Crippen LogP contribution in [0.2, 0.25) is 0 Å². The van der Waals surface area contributed by atoms with Gasteiger partial charge >= 0.3 is 0 Å². The number of carbonyl (C=O) groups excluding carboxylic acids is 1. The zero-order valence-corrected chi connectivity index (χ0v) is 11.7. The van der Waals surface area contributed by atoms with Crippen LogP contribution in [0.15, 0.2) is 17.5 Å². The van der Waals surface area contributed by atoms with Gasteiger partial charge in [-0.25, -0.2) is 0 Å². The lowest BCUT2D eigenvalue weighted by atomic mass is 9.82. The van der Waals surface area contributed by atoms with Crippen LogP contribution < -0.4 is 0 Å². The van der Waals surface area contributed by atoms with Crippen molar-refractivity contribution in [1.82, 2.24) is 4.90 Å². The van der Waals surface area contributed by atoms with Crippen LogP contribution in [0.5, 0.6) is 0 Å². The van der Waals surface area contributed by atoms with E-state index in [0.29, 0.717) is 5.91 Å². The molecule has 1 aromatic heterocycles. The lowest BCUT2D eigenvalue weighted by Gasteiger charge is -2.36. The van der Waals surface area contributed by atoms with Gasteiger partial charge in [-0.3, -0.25) is 4.79 Å². The van der Waals surface area contributed by atoms with Crippen molar-refractivity contribution in [3.8, 4) is 0 Å². The zero-order valence-electron chi connectivity index (χ0n) is 10.9. The van der Waals surface area contributed by atoms with E-state index in [4.69, 9.17) is 0 Å². The van der Waals surface area contributed by atoms with Gasteiger partial charge in [0.1, 0.15) is 0 Å². The first-order chi connectivity index (χ1) is 8.83. The van der Waals surface area contributed by atoms with Crippen molar-refractivity contribution < 1.29 is 4.79 Å². The third-order valence-electron chi connectivity index (χ3n) is 4.50. The summed E-state index contributed by atoms with van der Waals surface area (Å²) >= 11 is 1.76. The van der Waals surface area contributed by atoms with Gasteiger partial charge in [-0.2, -0.15) is 0 Å². The maximum absolute atomic E-state index is 13.0. The van der Waals surface area contributed by atoms with Crippen molar-refractivity contribution >= 4 is 17.2 Å². The van der Waals surface area contributed by atoms with E-state index in [1.165, 1.54) is 37.0 Å². The monoisotopic (exact) mass is 263 g/mol. The summed E-state index contributed by atoms with van der Waals surface area (Å²) < 4.78 is 0. The van der Waals surface area contributed by atoms with Gasteiger partial charge in [0.2, 0.25) is 5.91 Å². The zero-order chi connectivity index (χ0) is 12.4. The minimum atomic E-state index is -0.161. The van der Waals surface area contributed by atoms with Crippen LogP contribution in [0.25, 0.3) is 0 Å². The Morgan fingerprint density at radius 1 is 1.11 bits per heavy atom. The number of hydrogen-bond acceptors (Lipinski definition) is 2. The molecule has 1 aliphatic heterocycles. The number of nitrogens with zero attached hydrogens (tertiary/aromatic N) is 1. The highest BCUT2D eigenvalue weighted by atomic mass is 32.1.